The van der Waals surface area contributed by atoms with E-state index in [0.717, 1.165) is 0 Å². The Morgan fingerprint density at radius 2 is 1.50 bits per heavy atom. The van der Waals surface area contributed by atoms with Gasteiger partial charge in [0, 0.05) is 6.42 Å². The molecule has 5 N–H and O–H groups in total. The molecule has 6 nitrogen and oxygen atoms in total. The molecule has 1 heterocycles. The van der Waals surface area contributed by atoms with Crippen LogP contribution in [0.2, 0.25) is 0 Å². The summed E-state index contributed by atoms with van der Waals surface area (Å²) in [5, 5.41) is 19.8. The summed E-state index contributed by atoms with van der Waals surface area (Å²) in [6, 6.07) is 0. The molecule has 1 unspecified atom stereocenters. The minimum atomic E-state index is -2.54. The summed E-state index contributed by atoms with van der Waals surface area (Å²) < 4.78 is 0. The van der Waals surface area contributed by atoms with Crippen LogP contribution in [-0.2, 0) is 9.59 Å². The number of carbonyl (C=O) groups excluding carboxylic acids is 2. The maximum Gasteiger partial charge on any atom is 0.286 e. The van der Waals surface area contributed by atoms with Gasteiger partial charge in [0.2, 0.25) is 11.7 Å². The standard InChI is InChI=1S/C6H10N2O4.2C2H6/c1-5(7)2-6(11,12)4(10)8-3(5)9;2*1-2/h11-12H,2,7H2,1H3,(H,8,9,10);2*1-2H3. The molecule has 1 aliphatic rings. The van der Waals surface area contributed by atoms with E-state index in [9.17, 15) is 9.59 Å². The van der Waals surface area contributed by atoms with E-state index < -0.39 is 29.6 Å². The number of imide groups is 1. The van der Waals surface area contributed by atoms with Gasteiger partial charge in [-0.05, 0) is 6.92 Å². The molecule has 0 aromatic carbocycles. The predicted octanol–water partition coefficient (Wildman–Crippen LogP) is -0.516. The minimum absolute atomic E-state index is 0.495. The normalized spacial score (nSPS) is 26.8. The second-order valence-corrected chi connectivity index (χ2v) is 3.19. The van der Waals surface area contributed by atoms with E-state index in [1.54, 1.807) is 5.32 Å². The third-order valence-electron chi connectivity index (χ3n) is 1.72. The van der Waals surface area contributed by atoms with Crippen LogP contribution in [0.25, 0.3) is 0 Å². The van der Waals surface area contributed by atoms with Crippen LogP contribution >= 0.6 is 0 Å². The van der Waals surface area contributed by atoms with Crippen molar-refractivity contribution in [3.63, 3.8) is 0 Å². The zero-order chi connectivity index (χ0) is 13.6. The molecule has 1 saturated heterocycles. The van der Waals surface area contributed by atoms with E-state index in [1.165, 1.54) is 6.92 Å². The molecule has 16 heavy (non-hydrogen) atoms. The molecular formula is C10H22N2O4. The maximum absolute atomic E-state index is 10.9. The number of rotatable bonds is 0. The highest BCUT2D eigenvalue weighted by molar-refractivity contribution is 6.05. The Kier molecular flexibility index (Phi) is 7.15. The lowest BCUT2D eigenvalue weighted by atomic mass is 9.88. The molecule has 0 saturated carbocycles. The highest BCUT2D eigenvalue weighted by atomic mass is 16.5. The predicted molar refractivity (Wildman–Crippen MR) is 60.2 cm³/mol. The lowest BCUT2D eigenvalue weighted by molar-refractivity contribution is -0.200. The second-order valence-electron chi connectivity index (χ2n) is 3.19. The van der Waals surface area contributed by atoms with E-state index in [1.807, 2.05) is 27.7 Å². The molecule has 6 heteroatoms. The van der Waals surface area contributed by atoms with Crippen molar-refractivity contribution in [2.45, 2.75) is 52.4 Å². The average molecular weight is 234 g/mol. The Bertz CT molecular complexity index is 225. The topological polar surface area (TPSA) is 113 Å². The molecule has 96 valence electrons. The van der Waals surface area contributed by atoms with Crippen LogP contribution in [0.4, 0.5) is 0 Å². The van der Waals surface area contributed by atoms with Crippen molar-refractivity contribution in [2.24, 2.45) is 5.73 Å². The first-order valence-corrected chi connectivity index (χ1v) is 5.35. The number of nitrogens with one attached hydrogen (secondary N) is 1. The molecule has 1 rings (SSSR count). The summed E-state index contributed by atoms with van der Waals surface area (Å²) >= 11 is 0. The largest absolute Gasteiger partial charge is 0.358 e. The molecule has 1 aliphatic heterocycles. The fourth-order valence-corrected chi connectivity index (χ4v) is 1.02. The van der Waals surface area contributed by atoms with Gasteiger partial charge in [-0.3, -0.25) is 14.9 Å². The van der Waals surface area contributed by atoms with Crippen molar-refractivity contribution in [2.75, 3.05) is 0 Å². The zero-order valence-corrected chi connectivity index (χ0v) is 10.5. The Balaban J connectivity index is 0. The molecule has 0 aromatic heterocycles. The van der Waals surface area contributed by atoms with Crippen LogP contribution in [0.5, 0.6) is 0 Å². The number of piperidine rings is 1. The molecule has 0 spiro atoms. The van der Waals surface area contributed by atoms with Gasteiger partial charge in [0.05, 0.1) is 5.54 Å². The van der Waals surface area contributed by atoms with E-state index >= 15 is 0 Å². The number of aliphatic hydroxyl groups is 2. The van der Waals surface area contributed by atoms with Gasteiger partial charge in [-0.15, -0.1) is 0 Å². The Morgan fingerprint density at radius 3 is 1.81 bits per heavy atom. The fourth-order valence-electron chi connectivity index (χ4n) is 1.02. The van der Waals surface area contributed by atoms with E-state index in [-0.39, 0.29) is 0 Å². The average Bonchev–Trinajstić information content (AvgIpc) is 2.20. The highest BCUT2D eigenvalue weighted by Crippen LogP contribution is 2.21. The summed E-state index contributed by atoms with van der Waals surface area (Å²) in [5.41, 5.74) is 3.96. The first-order valence-electron chi connectivity index (χ1n) is 5.35. The van der Waals surface area contributed by atoms with E-state index in [4.69, 9.17) is 15.9 Å². The summed E-state index contributed by atoms with van der Waals surface area (Å²) in [4.78, 5) is 21.7. The maximum atomic E-state index is 10.9. The van der Waals surface area contributed by atoms with Crippen LogP contribution in [0.1, 0.15) is 41.0 Å². The van der Waals surface area contributed by atoms with Gasteiger partial charge in [-0.1, -0.05) is 27.7 Å². The van der Waals surface area contributed by atoms with E-state index in [2.05, 4.69) is 0 Å². The summed E-state index contributed by atoms with van der Waals surface area (Å²) in [7, 11) is 0. The van der Waals surface area contributed by atoms with Crippen LogP contribution < -0.4 is 11.1 Å². The molecular weight excluding hydrogens is 212 g/mol. The van der Waals surface area contributed by atoms with Gasteiger partial charge in [-0.25, -0.2) is 0 Å². The number of hydrogen-bond acceptors (Lipinski definition) is 5. The summed E-state index contributed by atoms with van der Waals surface area (Å²) in [6.45, 7) is 9.32. The van der Waals surface area contributed by atoms with Crippen molar-refractivity contribution in [1.82, 2.24) is 5.32 Å². The Hall–Kier alpha value is -0.980. The minimum Gasteiger partial charge on any atom is -0.358 e. The smallest absolute Gasteiger partial charge is 0.286 e. The molecule has 0 radical (unpaired) electrons. The molecule has 2 amide bonds. The van der Waals surface area contributed by atoms with Crippen molar-refractivity contribution >= 4 is 11.8 Å². The summed E-state index contributed by atoms with van der Waals surface area (Å²) in [6.07, 6.45) is -0.495. The lowest BCUT2D eigenvalue weighted by Gasteiger charge is -2.35. The Morgan fingerprint density at radius 1 is 1.12 bits per heavy atom. The SMILES string of the molecule is CC.CC.CC1(N)CC(O)(O)C(=O)NC1=O. The summed E-state index contributed by atoms with van der Waals surface area (Å²) in [5.74, 6) is -4.38. The van der Waals surface area contributed by atoms with Gasteiger partial charge in [0.15, 0.2) is 0 Å². The molecule has 1 fully saturated rings. The molecule has 0 aromatic rings. The molecule has 0 bridgehead atoms. The number of carbonyl (C=O) groups is 2. The quantitative estimate of drug-likeness (QED) is 0.333. The Labute approximate surface area is 95.8 Å². The van der Waals surface area contributed by atoms with Gasteiger partial charge < -0.3 is 15.9 Å². The van der Waals surface area contributed by atoms with Gasteiger partial charge >= 0.3 is 0 Å². The third-order valence-corrected chi connectivity index (χ3v) is 1.72. The lowest BCUT2D eigenvalue weighted by Crippen LogP contribution is -2.67. The van der Waals surface area contributed by atoms with Crippen molar-refractivity contribution < 1.29 is 19.8 Å². The number of amides is 2. The third kappa shape index (κ3) is 4.26. The second kappa shape index (κ2) is 6.57. The molecule has 1 atom stereocenters. The van der Waals surface area contributed by atoms with Crippen molar-refractivity contribution in [3.05, 3.63) is 0 Å². The fraction of sp³-hybridized carbons (Fsp3) is 0.800. The van der Waals surface area contributed by atoms with Gasteiger partial charge in [-0.2, -0.15) is 0 Å². The van der Waals surface area contributed by atoms with E-state index in [0.29, 0.717) is 0 Å². The van der Waals surface area contributed by atoms with Crippen LogP contribution in [0, 0.1) is 0 Å². The molecule has 0 aliphatic carbocycles. The first-order chi connectivity index (χ1) is 7.26. The zero-order valence-electron chi connectivity index (χ0n) is 10.5. The van der Waals surface area contributed by atoms with Gasteiger partial charge in [0.25, 0.3) is 5.91 Å². The van der Waals surface area contributed by atoms with Gasteiger partial charge in [0.1, 0.15) is 0 Å². The first kappa shape index (κ1) is 17.4. The van der Waals surface area contributed by atoms with Crippen LogP contribution in [0.3, 0.4) is 0 Å². The number of hydrogen-bond donors (Lipinski definition) is 4. The van der Waals surface area contributed by atoms with Crippen molar-refractivity contribution in [3.8, 4) is 0 Å². The van der Waals surface area contributed by atoms with Crippen LogP contribution in [0.15, 0.2) is 0 Å². The highest BCUT2D eigenvalue weighted by Gasteiger charge is 2.49. The monoisotopic (exact) mass is 234 g/mol. The van der Waals surface area contributed by atoms with Crippen molar-refractivity contribution in [1.29, 1.82) is 0 Å². The van der Waals surface area contributed by atoms with Crippen LogP contribution in [-0.4, -0.2) is 33.4 Å². The number of nitrogens with two attached hydrogens (primary N) is 1.